The van der Waals surface area contributed by atoms with Gasteiger partial charge in [-0.1, -0.05) is 47.5 Å². The lowest BCUT2D eigenvalue weighted by Crippen LogP contribution is -2.30. The molecule has 4 rings (SSSR count). The van der Waals surface area contributed by atoms with Gasteiger partial charge >= 0.3 is 0 Å². The van der Waals surface area contributed by atoms with Crippen LogP contribution in [0.4, 0.5) is 11.4 Å². The summed E-state index contributed by atoms with van der Waals surface area (Å²) in [5.41, 5.74) is 2.35. The van der Waals surface area contributed by atoms with Gasteiger partial charge in [0, 0.05) is 43.0 Å². The van der Waals surface area contributed by atoms with Crippen molar-refractivity contribution in [3.8, 4) is 0 Å². The molecule has 0 radical (unpaired) electrons. The Labute approximate surface area is 263 Å². The summed E-state index contributed by atoms with van der Waals surface area (Å²) in [5.74, 6) is -1.29. The van der Waals surface area contributed by atoms with Crippen LogP contribution in [0.15, 0.2) is 108 Å². The molecule has 4 aromatic carbocycles. The predicted molar refractivity (Wildman–Crippen MR) is 174 cm³/mol. The van der Waals surface area contributed by atoms with Crippen LogP contribution in [0, 0.1) is 0 Å². The smallest absolute Gasteiger partial charge is 0.272 e. The fraction of sp³-hybridized carbons (Fsp3) is 0.0909. The summed E-state index contributed by atoms with van der Waals surface area (Å²) in [5, 5.41) is 8.51. The van der Waals surface area contributed by atoms with Gasteiger partial charge in [-0.3, -0.25) is 19.2 Å². The monoisotopic (exact) mass is 631 g/mol. The summed E-state index contributed by atoms with van der Waals surface area (Å²) >= 11 is 14.0. The molecule has 43 heavy (non-hydrogen) atoms. The molecule has 0 fully saturated rings. The maximum Gasteiger partial charge on any atom is 0.272 e. The summed E-state index contributed by atoms with van der Waals surface area (Å²) < 4.78 is 0. The highest BCUT2D eigenvalue weighted by atomic mass is 35.5. The molecule has 0 saturated heterocycles. The molecule has 0 heterocycles. The van der Waals surface area contributed by atoms with Crippen molar-refractivity contribution >= 4 is 75.9 Å². The maximum atomic E-state index is 13.3. The summed E-state index contributed by atoms with van der Waals surface area (Å²) in [6, 6.07) is 27.1. The van der Waals surface area contributed by atoms with E-state index in [4.69, 9.17) is 23.2 Å². The van der Waals surface area contributed by atoms with Gasteiger partial charge in [-0.2, -0.15) is 0 Å². The summed E-state index contributed by atoms with van der Waals surface area (Å²) in [4.78, 5) is 51.2. The number of halogens is 2. The van der Waals surface area contributed by atoms with Crippen molar-refractivity contribution in [2.45, 2.75) is 24.0 Å². The fourth-order valence-electron chi connectivity index (χ4n) is 3.84. The van der Waals surface area contributed by atoms with E-state index in [1.165, 1.54) is 24.8 Å². The Bertz CT molecular complexity index is 1650. The van der Waals surface area contributed by atoms with E-state index in [0.717, 1.165) is 4.90 Å². The van der Waals surface area contributed by atoms with Gasteiger partial charge in [0.15, 0.2) is 5.78 Å². The molecule has 3 amide bonds. The minimum absolute atomic E-state index is 0.0457. The van der Waals surface area contributed by atoms with Crippen molar-refractivity contribution in [2.24, 2.45) is 0 Å². The Morgan fingerprint density at radius 3 is 1.91 bits per heavy atom. The first-order valence-corrected chi connectivity index (χ1v) is 14.8. The molecular formula is C33H27Cl2N3O4S. The van der Waals surface area contributed by atoms with Gasteiger partial charge in [0.25, 0.3) is 11.8 Å². The summed E-state index contributed by atoms with van der Waals surface area (Å²) in [7, 11) is 0. The first kappa shape index (κ1) is 31.6. The number of rotatable bonds is 10. The number of anilines is 2. The van der Waals surface area contributed by atoms with Gasteiger partial charge in [0.1, 0.15) is 5.70 Å². The molecular weight excluding hydrogens is 605 g/mol. The Morgan fingerprint density at radius 2 is 1.30 bits per heavy atom. The summed E-state index contributed by atoms with van der Waals surface area (Å²) in [6.07, 6.45) is 1.43. The number of Topliss-reactive ketones (excluding diaryl/α,β-unsaturated/α-hetero) is 1. The molecule has 0 spiro atoms. The Morgan fingerprint density at radius 1 is 0.721 bits per heavy atom. The van der Waals surface area contributed by atoms with Gasteiger partial charge in [0.05, 0.1) is 5.25 Å². The van der Waals surface area contributed by atoms with E-state index in [2.05, 4.69) is 16.0 Å². The number of thioether (sulfide) groups is 1. The highest BCUT2D eigenvalue weighted by molar-refractivity contribution is 8.00. The molecule has 218 valence electrons. The van der Waals surface area contributed by atoms with Crippen molar-refractivity contribution < 1.29 is 19.2 Å². The van der Waals surface area contributed by atoms with Gasteiger partial charge in [0.2, 0.25) is 5.91 Å². The van der Waals surface area contributed by atoms with E-state index in [1.807, 2.05) is 0 Å². The molecule has 7 nitrogen and oxygen atoms in total. The topological polar surface area (TPSA) is 104 Å². The number of carbonyl (C=O) groups excluding carboxylic acids is 4. The normalized spacial score (nSPS) is 11.8. The van der Waals surface area contributed by atoms with Gasteiger partial charge in [-0.15, -0.1) is 11.8 Å². The Hall–Kier alpha value is -4.37. The quantitative estimate of drug-likeness (QED) is 0.0944. The number of benzene rings is 4. The van der Waals surface area contributed by atoms with Crippen LogP contribution < -0.4 is 16.0 Å². The van der Waals surface area contributed by atoms with Crippen LogP contribution in [0.3, 0.4) is 0 Å². The van der Waals surface area contributed by atoms with E-state index in [9.17, 15) is 19.2 Å². The minimum Gasteiger partial charge on any atom is -0.325 e. The fourth-order valence-corrected chi connectivity index (χ4v) is 5.21. The third-order valence-corrected chi connectivity index (χ3v) is 7.94. The zero-order valence-corrected chi connectivity index (χ0v) is 25.5. The SMILES string of the molecule is CC(=O)c1ccc(NC(=O)C(C)Sc2ccc(NC(=O)/C(=C/c3c(Cl)cccc3Cl)NC(=O)c3ccccc3)cc2)cc1. The molecule has 0 aliphatic heterocycles. The molecule has 0 bridgehead atoms. The molecule has 3 N–H and O–H groups in total. The molecule has 0 saturated carbocycles. The number of amides is 3. The van der Waals surface area contributed by atoms with Crippen LogP contribution in [0.2, 0.25) is 10.0 Å². The number of carbonyl (C=O) groups is 4. The van der Waals surface area contributed by atoms with Crippen molar-refractivity contribution in [1.29, 1.82) is 0 Å². The van der Waals surface area contributed by atoms with Crippen molar-refractivity contribution in [2.75, 3.05) is 10.6 Å². The standard InChI is InChI=1S/C33H27Cl2N3O4S/c1-20(39)22-11-13-24(14-12-22)36-31(40)21(2)43-26-17-15-25(16-18-26)37-33(42)30(19-27-28(34)9-6-10-29(27)35)38-32(41)23-7-4-3-5-8-23/h3-19,21H,1-2H3,(H,36,40)(H,37,42)(H,38,41)/b30-19-. The van der Waals surface area contributed by atoms with Crippen molar-refractivity contribution in [1.82, 2.24) is 5.32 Å². The van der Waals surface area contributed by atoms with Crippen LogP contribution in [-0.2, 0) is 9.59 Å². The van der Waals surface area contributed by atoms with E-state index in [-0.39, 0.29) is 17.4 Å². The minimum atomic E-state index is -0.579. The third kappa shape index (κ3) is 8.81. The lowest BCUT2D eigenvalue weighted by Gasteiger charge is -2.14. The largest absolute Gasteiger partial charge is 0.325 e. The van der Waals surface area contributed by atoms with Gasteiger partial charge in [-0.05, 0) is 92.7 Å². The zero-order valence-electron chi connectivity index (χ0n) is 23.2. The second-order valence-electron chi connectivity index (χ2n) is 9.37. The number of hydrogen-bond acceptors (Lipinski definition) is 5. The van der Waals surface area contributed by atoms with Crippen LogP contribution in [0.25, 0.3) is 6.08 Å². The maximum absolute atomic E-state index is 13.3. The Balaban J connectivity index is 1.44. The molecule has 1 atom stereocenters. The lowest BCUT2D eigenvalue weighted by molar-refractivity contribution is -0.115. The summed E-state index contributed by atoms with van der Waals surface area (Å²) in [6.45, 7) is 3.27. The average Bonchev–Trinajstić information content (AvgIpc) is 3.00. The second-order valence-corrected chi connectivity index (χ2v) is 11.6. The number of ketones is 1. The molecule has 4 aromatic rings. The first-order valence-electron chi connectivity index (χ1n) is 13.1. The van der Waals surface area contributed by atoms with E-state index < -0.39 is 17.1 Å². The van der Waals surface area contributed by atoms with Crippen LogP contribution in [0.5, 0.6) is 0 Å². The van der Waals surface area contributed by atoms with Crippen LogP contribution >= 0.6 is 35.0 Å². The second kappa shape index (κ2) is 14.7. The first-order chi connectivity index (χ1) is 20.6. The van der Waals surface area contributed by atoms with Crippen LogP contribution in [-0.4, -0.2) is 28.8 Å². The molecule has 0 aliphatic rings. The molecule has 1 unspecified atom stereocenters. The van der Waals surface area contributed by atoms with Crippen LogP contribution in [0.1, 0.15) is 40.1 Å². The molecule has 0 aromatic heterocycles. The predicted octanol–water partition coefficient (Wildman–Crippen LogP) is 7.72. The lowest BCUT2D eigenvalue weighted by atomic mass is 10.1. The van der Waals surface area contributed by atoms with E-state index >= 15 is 0 Å². The average molecular weight is 633 g/mol. The van der Waals surface area contributed by atoms with Crippen molar-refractivity contribution in [3.63, 3.8) is 0 Å². The highest BCUT2D eigenvalue weighted by Gasteiger charge is 2.18. The zero-order chi connectivity index (χ0) is 30.9. The van der Waals surface area contributed by atoms with Crippen molar-refractivity contribution in [3.05, 3.63) is 129 Å². The number of hydrogen-bond donors (Lipinski definition) is 3. The number of nitrogens with one attached hydrogen (secondary N) is 3. The van der Waals surface area contributed by atoms with E-state index in [1.54, 1.807) is 104 Å². The van der Waals surface area contributed by atoms with E-state index in [0.29, 0.717) is 38.1 Å². The molecule has 10 heteroatoms. The Kier molecular flexibility index (Phi) is 10.8. The van der Waals surface area contributed by atoms with Gasteiger partial charge in [-0.25, -0.2) is 0 Å². The highest BCUT2D eigenvalue weighted by Crippen LogP contribution is 2.28. The van der Waals surface area contributed by atoms with Gasteiger partial charge < -0.3 is 16.0 Å². The molecule has 0 aliphatic carbocycles. The third-order valence-electron chi connectivity index (χ3n) is 6.17.